The van der Waals surface area contributed by atoms with Gasteiger partial charge in [-0.3, -0.25) is 0 Å². The van der Waals surface area contributed by atoms with E-state index in [0.29, 0.717) is 0 Å². The molecule has 2 heteroatoms. The fourth-order valence-electron chi connectivity index (χ4n) is 3.21. The molecule has 0 saturated carbocycles. The molecule has 0 saturated heterocycles. The highest BCUT2D eigenvalue weighted by Gasteiger charge is 1.97. The SMILES string of the molecule is CCCCCCCCCCCCCC/C=C/Cc1cc(O)cc(O)c1. The van der Waals surface area contributed by atoms with E-state index < -0.39 is 0 Å². The second kappa shape index (κ2) is 14.9. The molecule has 0 amide bonds. The van der Waals surface area contributed by atoms with E-state index in [-0.39, 0.29) is 11.5 Å². The lowest BCUT2D eigenvalue weighted by atomic mass is 10.0. The van der Waals surface area contributed by atoms with E-state index in [1.54, 1.807) is 12.1 Å². The third kappa shape index (κ3) is 12.6. The number of unbranched alkanes of at least 4 members (excludes halogenated alkanes) is 12. The number of allylic oxidation sites excluding steroid dienone is 2. The first-order chi connectivity index (χ1) is 12.2. The van der Waals surface area contributed by atoms with Crippen molar-refractivity contribution in [1.82, 2.24) is 0 Å². The quantitative estimate of drug-likeness (QED) is 0.258. The van der Waals surface area contributed by atoms with E-state index in [0.717, 1.165) is 18.4 Å². The molecular weight excluding hydrogens is 308 g/mol. The van der Waals surface area contributed by atoms with Crippen molar-refractivity contribution < 1.29 is 10.2 Å². The van der Waals surface area contributed by atoms with Crippen molar-refractivity contribution in [3.8, 4) is 11.5 Å². The van der Waals surface area contributed by atoms with Gasteiger partial charge in [-0.25, -0.2) is 0 Å². The molecular formula is C23H38O2. The van der Waals surface area contributed by atoms with E-state index in [9.17, 15) is 10.2 Å². The summed E-state index contributed by atoms with van der Waals surface area (Å²) >= 11 is 0. The van der Waals surface area contributed by atoms with E-state index in [2.05, 4.69) is 19.1 Å². The zero-order valence-electron chi connectivity index (χ0n) is 16.2. The lowest BCUT2D eigenvalue weighted by molar-refractivity contribution is 0.449. The molecule has 0 spiro atoms. The minimum Gasteiger partial charge on any atom is -0.508 e. The highest BCUT2D eigenvalue weighted by atomic mass is 16.3. The molecule has 1 rings (SSSR count). The molecule has 25 heavy (non-hydrogen) atoms. The Bertz CT molecular complexity index is 445. The van der Waals surface area contributed by atoms with Crippen molar-refractivity contribution >= 4 is 0 Å². The number of phenolic OH excluding ortho intramolecular Hbond substituents is 2. The zero-order chi connectivity index (χ0) is 18.2. The Morgan fingerprint density at radius 2 is 1.12 bits per heavy atom. The van der Waals surface area contributed by atoms with Gasteiger partial charge in [0.15, 0.2) is 0 Å². The minimum absolute atomic E-state index is 0.129. The van der Waals surface area contributed by atoms with Crippen LogP contribution in [0.5, 0.6) is 11.5 Å². The van der Waals surface area contributed by atoms with Gasteiger partial charge in [-0.1, -0.05) is 89.7 Å². The van der Waals surface area contributed by atoms with Crippen LogP contribution >= 0.6 is 0 Å². The van der Waals surface area contributed by atoms with Crippen LogP contribution in [0.1, 0.15) is 96.0 Å². The average molecular weight is 347 g/mol. The van der Waals surface area contributed by atoms with Gasteiger partial charge in [0, 0.05) is 6.07 Å². The average Bonchev–Trinajstić information content (AvgIpc) is 2.57. The van der Waals surface area contributed by atoms with Gasteiger partial charge in [-0.15, -0.1) is 0 Å². The summed E-state index contributed by atoms with van der Waals surface area (Å²) in [6.45, 7) is 2.27. The molecule has 1 aromatic rings. The minimum atomic E-state index is 0.129. The third-order valence-corrected chi connectivity index (χ3v) is 4.71. The van der Waals surface area contributed by atoms with Gasteiger partial charge < -0.3 is 10.2 Å². The van der Waals surface area contributed by atoms with Crippen LogP contribution in [0.2, 0.25) is 0 Å². The van der Waals surface area contributed by atoms with Crippen LogP contribution in [0.3, 0.4) is 0 Å². The van der Waals surface area contributed by atoms with Crippen molar-refractivity contribution in [2.45, 2.75) is 96.8 Å². The zero-order valence-corrected chi connectivity index (χ0v) is 16.2. The van der Waals surface area contributed by atoms with E-state index in [4.69, 9.17) is 0 Å². The molecule has 0 aromatic heterocycles. The van der Waals surface area contributed by atoms with Gasteiger partial charge in [0.2, 0.25) is 0 Å². The largest absolute Gasteiger partial charge is 0.508 e. The van der Waals surface area contributed by atoms with Crippen LogP contribution in [0, 0.1) is 0 Å². The number of rotatable bonds is 15. The van der Waals surface area contributed by atoms with Crippen molar-refractivity contribution in [2.75, 3.05) is 0 Å². The van der Waals surface area contributed by atoms with Crippen LogP contribution in [0.4, 0.5) is 0 Å². The first kappa shape index (κ1) is 21.6. The van der Waals surface area contributed by atoms with Crippen LogP contribution in [0.25, 0.3) is 0 Å². The maximum atomic E-state index is 9.44. The summed E-state index contributed by atoms with van der Waals surface area (Å²) in [5.41, 5.74) is 0.948. The molecule has 0 atom stereocenters. The monoisotopic (exact) mass is 346 g/mol. The van der Waals surface area contributed by atoms with Gasteiger partial charge in [-0.2, -0.15) is 0 Å². The molecule has 2 N–H and O–H groups in total. The first-order valence-corrected chi connectivity index (χ1v) is 10.4. The molecule has 0 aliphatic carbocycles. The Kier molecular flexibility index (Phi) is 12.8. The van der Waals surface area contributed by atoms with Crippen LogP contribution in [-0.4, -0.2) is 10.2 Å². The lowest BCUT2D eigenvalue weighted by Crippen LogP contribution is -1.83. The summed E-state index contributed by atoms with van der Waals surface area (Å²) in [7, 11) is 0. The molecule has 0 radical (unpaired) electrons. The molecule has 0 aliphatic heterocycles. The number of hydrogen-bond acceptors (Lipinski definition) is 2. The van der Waals surface area contributed by atoms with E-state index in [1.165, 1.54) is 83.1 Å². The summed E-state index contributed by atoms with van der Waals surface area (Å²) in [6.07, 6.45) is 22.9. The fourth-order valence-corrected chi connectivity index (χ4v) is 3.21. The van der Waals surface area contributed by atoms with Crippen molar-refractivity contribution in [3.05, 3.63) is 35.9 Å². The second-order valence-corrected chi connectivity index (χ2v) is 7.21. The smallest absolute Gasteiger partial charge is 0.119 e. The number of hydrogen-bond donors (Lipinski definition) is 2. The summed E-state index contributed by atoms with van der Waals surface area (Å²) in [5, 5.41) is 18.9. The Morgan fingerprint density at radius 3 is 1.64 bits per heavy atom. The van der Waals surface area contributed by atoms with E-state index >= 15 is 0 Å². The van der Waals surface area contributed by atoms with Crippen molar-refractivity contribution in [1.29, 1.82) is 0 Å². The predicted molar refractivity (Wildman–Crippen MR) is 108 cm³/mol. The topological polar surface area (TPSA) is 40.5 Å². The maximum Gasteiger partial charge on any atom is 0.119 e. The second-order valence-electron chi connectivity index (χ2n) is 7.21. The molecule has 0 heterocycles. The number of aromatic hydroxyl groups is 2. The summed E-state index contributed by atoms with van der Waals surface area (Å²) in [6, 6.07) is 4.77. The maximum absolute atomic E-state index is 9.44. The number of benzene rings is 1. The molecule has 0 fully saturated rings. The highest BCUT2D eigenvalue weighted by Crippen LogP contribution is 2.21. The molecule has 0 bridgehead atoms. The fraction of sp³-hybridized carbons (Fsp3) is 0.652. The van der Waals surface area contributed by atoms with Gasteiger partial charge in [-0.05, 0) is 37.0 Å². The molecule has 0 unspecified atom stereocenters. The van der Waals surface area contributed by atoms with Gasteiger partial charge >= 0.3 is 0 Å². The number of phenols is 2. The van der Waals surface area contributed by atoms with Gasteiger partial charge in [0.1, 0.15) is 11.5 Å². The first-order valence-electron chi connectivity index (χ1n) is 10.4. The van der Waals surface area contributed by atoms with E-state index in [1.807, 2.05) is 0 Å². The van der Waals surface area contributed by atoms with Crippen molar-refractivity contribution in [2.24, 2.45) is 0 Å². The van der Waals surface area contributed by atoms with Crippen LogP contribution in [0.15, 0.2) is 30.4 Å². The summed E-state index contributed by atoms with van der Waals surface area (Å²) in [5.74, 6) is 0.258. The Balaban J connectivity index is 1.88. The Labute approximate surface area is 155 Å². The standard InChI is InChI=1S/C23H38O2/c1-2-3-4-5-6-7-8-9-10-11-12-13-14-15-16-17-21-18-22(24)20-23(25)19-21/h15-16,18-20,24-25H,2-14,17H2,1H3/b16-15+. The third-order valence-electron chi connectivity index (χ3n) is 4.71. The normalized spacial score (nSPS) is 11.4. The lowest BCUT2D eigenvalue weighted by Gasteiger charge is -2.02. The molecule has 1 aromatic carbocycles. The predicted octanol–water partition coefficient (Wildman–Crippen LogP) is 7.29. The Morgan fingerprint density at radius 1 is 0.640 bits per heavy atom. The summed E-state index contributed by atoms with van der Waals surface area (Å²) in [4.78, 5) is 0. The highest BCUT2D eigenvalue weighted by molar-refractivity contribution is 5.37. The van der Waals surface area contributed by atoms with Crippen LogP contribution < -0.4 is 0 Å². The van der Waals surface area contributed by atoms with Gasteiger partial charge in [0.05, 0.1) is 0 Å². The van der Waals surface area contributed by atoms with Gasteiger partial charge in [0.25, 0.3) is 0 Å². The van der Waals surface area contributed by atoms with Crippen LogP contribution in [-0.2, 0) is 6.42 Å². The molecule has 142 valence electrons. The molecule has 2 nitrogen and oxygen atoms in total. The Hall–Kier alpha value is -1.44. The summed E-state index contributed by atoms with van der Waals surface area (Å²) < 4.78 is 0. The molecule has 0 aliphatic rings. The van der Waals surface area contributed by atoms with Crippen molar-refractivity contribution in [3.63, 3.8) is 0 Å².